The summed E-state index contributed by atoms with van der Waals surface area (Å²) >= 11 is 17.1. The average Bonchev–Trinajstić information content (AvgIpc) is 2.38. The van der Waals surface area contributed by atoms with Crippen LogP contribution >= 0.6 is 35.4 Å². The number of halogens is 2. The van der Waals surface area contributed by atoms with E-state index >= 15 is 0 Å². The molecule has 0 fully saturated rings. The van der Waals surface area contributed by atoms with Gasteiger partial charge < -0.3 is 15.4 Å². The Bertz CT molecular complexity index is 590. The van der Waals surface area contributed by atoms with Gasteiger partial charge in [0, 0.05) is 16.2 Å². The minimum atomic E-state index is -0.465. The molecule has 1 atom stereocenters. The van der Waals surface area contributed by atoms with Gasteiger partial charge in [0.2, 0.25) is 0 Å². The zero-order valence-corrected chi connectivity index (χ0v) is 12.9. The van der Waals surface area contributed by atoms with Crippen LogP contribution in [0.3, 0.4) is 0 Å². The number of benzene rings is 1. The molecular weight excluding hydrogens is 319 g/mol. The van der Waals surface area contributed by atoms with Gasteiger partial charge in [-0.2, -0.15) is 0 Å². The molecule has 1 unspecified atom stereocenters. The summed E-state index contributed by atoms with van der Waals surface area (Å²) in [5.74, 6) is -0.425. The van der Waals surface area contributed by atoms with Crippen LogP contribution in [0, 0.1) is 0 Å². The van der Waals surface area contributed by atoms with Gasteiger partial charge in [-0.1, -0.05) is 29.3 Å². The SMILES string of the molecule is CCOC(=O)C1=CNC(=S)NC1c1ccc(Cl)cc1Cl. The summed E-state index contributed by atoms with van der Waals surface area (Å²) in [5.41, 5.74) is 1.11. The van der Waals surface area contributed by atoms with E-state index in [0.717, 1.165) is 0 Å². The molecule has 1 aromatic rings. The number of rotatable bonds is 3. The average molecular weight is 331 g/mol. The third kappa shape index (κ3) is 3.23. The van der Waals surface area contributed by atoms with Crippen LogP contribution in [0.2, 0.25) is 10.0 Å². The molecule has 106 valence electrons. The number of thiocarbonyl (C=S) groups is 1. The van der Waals surface area contributed by atoms with E-state index in [9.17, 15) is 4.79 Å². The molecule has 0 aliphatic carbocycles. The van der Waals surface area contributed by atoms with Gasteiger partial charge in [-0.05, 0) is 36.8 Å². The van der Waals surface area contributed by atoms with Crippen LogP contribution in [0.5, 0.6) is 0 Å². The first-order chi connectivity index (χ1) is 9.52. The van der Waals surface area contributed by atoms with E-state index in [1.165, 1.54) is 6.20 Å². The molecule has 0 amide bonds. The lowest BCUT2D eigenvalue weighted by Gasteiger charge is -2.27. The highest BCUT2D eigenvalue weighted by atomic mass is 35.5. The molecule has 0 spiro atoms. The van der Waals surface area contributed by atoms with Crippen molar-refractivity contribution in [1.82, 2.24) is 10.6 Å². The summed E-state index contributed by atoms with van der Waals surface area (Å²) in [6.45, 7) is 2.04. The van der Waals surface area contributed by atoms with Gasteiger partial charge in [-0.3, -0.25) is 0 Å². The van der Waals surface area contributed by atoms with Gasteiger partial charge in [0.05, 0.1) is 18.2 Å². The van der Waals surface area contributed by atoms with Crippen molar-refractivity contribution in [3.05, 3.63) is 45.6 Å². The van der Waals surface area contributed by atoms with Crippen molar-refractivity contribution in [3.8, 4) is 0 Å². The predicted octanol–water partition coefficient (Wildman–Crippen LogP) is 2.96. The van der Waals surface area contributed by atoms with E-state index in [0.29, 0.717) is 32.9 Å². The standard InChI is InChI=1S/C13H12Cl2N2O2S/c1-2-19-12(18)9-6-16-13(20)17-11(9)8-4-3-7(14)5-10(8)15/h3-6,11H,2H2,1H3,(H2,16,17,20). The van der Waals surface area contributed by atoms with Crippen molar-refractivity contribution >= 4 is 46.5 Å². The molecule has 0 radical (unpaired) electrons. The van der Waals surface area contributed by atoms with Crippen molar-refractivity contribution in [1.29, 1.82) is 0 Å². The maximum atomic E-state index is 12.0. The van der Waals surface area contributed by atoms with Gasteiger partial charge in [0.1, 0.15) is 0 Å². The maximum Gasteiger partial charge on any atom is 0.337 e. The van der Waals surface area contributed by atoms with Gasteiger partial charge in [-0.25, -0.2) is 4.79 Å². The van der Waals surface area contributed by atoms with Gasteiger partial charge in [-0.15, -0.1) is 0 Å². The lowest BCUT2D eigenvalue weighted by Crippen LogP contribution is -2.42. The van der Waals surface area contributed by atoms with E-state index < -0.39 is 12.0 Å². The molecule has 20 heavy (non-hydrogen) atoms. The molecule has 0 saturated carbocycles. The third-order valence-electron chi connectivity index (χ3n) is 2.73. The van der Waals surface area contributed by atoms with Crippen molar-refractivity contribution in [2.24, 2.45) is 0 Å². The van der Waals surface area contributed by atoms with Crippen molar-refractivity contribution in [2.45, 2.75) is 13.0 Å². The van der Waals surface area contributed by atoms with Crippen molar-refractivity contribution < 1.29 is 9.53 Å². The maximum absolute atomic E-state index is 12.0. The zero-order valence-electron chi connectivity index (χ0n) is 10.6. The second-order valence-electron chi connectivity index (χ2n) is 4.04. The Morgan fingerprint density at radius 2 is 2.20 bits per heavy atom. The van der Waals surface area contributed by atoms with Gasteiger partial charge >= 0.3 is 5.97 Å². The van der Waals surface area contributed by atoms with E-state index in [1.54, 1.807) is 25.1 Å². The Morgan fingerprint density at radius 3 is 2.85 bits per heavy atom. The Kier molecular flexibility index (Phi) is 4.86. The van der Waals surface area contributed by atoms with E-state index in [1.807, 2.05) is 0 Å². The molecule has 1 aliphatic heterocycles. The zero-order chi connectivity index (χ0) is 14.7. The van der Waals surface area contributed by atoms with E-state index in [-0.39, 0.29) is 0 Å². The highest BCUT2D eigenvalue weighted by Gasteiger charge is 2.29. The fourth-order valence-corrected chi connectivity index (χ4v) is 2.54. The Hall–Kier alpha value is -1.30. The monoisotopic (exact) mass is 330 g/mol. The fraction of sp³-hybridized carbons (Fsp3) is 0.231. The molecule has 1 heterocycles. The normalized spacial score (nSPS) is 17.9. The first-order valence-electron chi connectivity index (χ1n) is 5.92. The molecule has 4 nitrogen and oxygen atoms in total. The molecular formula is C13H12Cl2N2O2S. The second kappa shape index (κ2) is 6.43. The third-order valence-corrected chi connectivity index (χ3v) is 3.53. The lowest BCUT2D eigenvalue weighted by molar-refractivity contribution is -0.138. The minimum Gasteiger partial charge on any atom is -0.463 e. The van der Waals surface area contributed by atoms with Crippen LogP contribution in [0.15, 0.2) is 30.0 Å². The van der Waals surface area contributed by atoms with E-state index in [4.69, 9.17) is 40.2 Å². The largest absolute Gasteiger partial charge is 0.463 e. The highest BCUT2D eigenvalue weighted by molar-refractivity contribution is 7.80. The molecule has 2 rings (SSSR count). The number of nitrogens with one attached hydrogen (secondary N) is 2. The van der Waals surface area contributed by atoms with Crippen LogP contribution in [0.4, 0.5) is 0 Å². The predicted molar refractivity (Wildman–Crippen MR) is 82.8 cm³/mol. The minimum absolute atomic E-state index is 0.293. The summed E-state index contributed by atoms with van der Waals surface area (Å²) in [5, 5.41) is 7.19. The number of hydrogen-bond donors (Lipinski definition) is 2. The summed E-state index contributed by atoms with van der Waals surface area (Å²) in [7, 11) is 0. The number of carbonyl (C=O) groups excluding carboxylic acids is 1. The van der Waals surface area contributed by atoms with Gasteiger partial charge in [0.25, 0.3) is 0 Å². The van der Waals surface area contributed by atoms with Crippen LogP contribution in [0.25, 0.3) is 0 Å². The summed E-state index contributed by atoms with van der Waals surface area (Å²) in [6, 6.07) is 4.61. The highest BCUT2D eigenvalue weighted by Crippen LogP contribution is 2.31. The smallest absolute Gasteiger partial charge is 0.337 e. The number of ether oxygens (including phenoxy) is 1. The molecule has 0 saturated heterocycles. The summed E-state index contributed by atoms with van der Waals surface area (Å²) in [4.78, 5) is 12.0. The molecule has 7 heteroatoms. The summed E-state index contributed by atoms with van der Waals surface area (Å²) in [6.07, 6.45) is 1.53. The second-order valence-corrected chi connectivity index (χ2v) is 5.29. The molecule has 0 aromatic heterocycles. The van der Waals surface area contributed by atoms with Crippen LogP contribution in [-0.4, -0.2) is 17.7 Å². The first-order valence-corrected chi connectivity index (χ1v) is 7.08. The first kappa shape index (κ1) is 15.1. The lowest BCUT2D eigenvalue weighted by atomic mass is 9.98. The van der Waals surface area contributed by atoms with Crippen LogP contribution in [0.1, 0.15) is 18.5 Å². The Labute approximate surface area is 132 Å². The quantitative estimate of drug-likeness (QED) is 0.659. The number of carbonyl (C=O) groups is 1. The topological polar surface area (TPSA) is 50.4 Å². The van der Waals surface area contributed by atoms with E-state index in [2.05, 4.69) is 10.6 Å². The number of esters is 1. The Morgan fingerprint density at radius 1 is 1.45 bits per heavy atom. The summed E-state index contributed by atoms with van der Waals surface area (Å²) < 4.78 is 5.03. The fourth-order valence-electron chi connectivity index (χ4n) is 1.85. The molecule has 0 bridgehead atoms. The molecule has 1 aromatic carbocycles. The molecule has 1 aliphatic rings. The van der Waals surface area contributed by atoms with Crippen molar-refractivity contribution in [2.75, 3.05) is 6.61 Å². The van der Waals surface area contributed by atoms with Gasteiger partial charge in [0.15, 0.2) is 5.11 Å². The molecule has 2 N–H and O–H groups in total. The van der Waals surface area contributed by atoms with Crippen LogP contribution in [-0.2, 0) is 9.53 Å². The Balaban J connectivity index is 2.40. The number of hydrogen-bond acceptors (Lipinski definition) is 3. The van der Waals surface area contributed by atoms with Crippen LogP contribution < -0.4 is 10.6 Å². The van der Waals surface area contributed by atoms with Crippen molar-refractivity contribution in [3.63, 3.8) is 0 Å².